The van der Waals surface area contributed by atoms with Crippen molar-refractivity contribution in [2.75, 3.05) is 13.2 Å². The van der Waals surface area contributed by atoms with Crippen molar-refractivity contribution in [3.63, 3.8) is 0 Å². The SMILES string of the molecule is O=C(c1ccc[nH]c1=O)N1CCCC1CCCO. The largest absolute Gasteiger partial charge is 0.396 e. The molecule has 1 aromatic heterocycles. The zero-order chi connectivity index (χ0) is 13.0. The Labute approximate surface area is 105 Å². The van der Waals surface area contributed by atoms with Crippen molar-refractivity contribution < 1.29 is 9.90 Å². The van der Waals surface area contributed by atoms with Crippen LogP contribution in [0.25, 0.3) is 0 Å². The van der Waals surface area contributed by atoms with Crippen LogP contribution in [0, 0.1) is 0 Å². The highest BCUT2D eigenvalue weighted by Gasteiger charge is 2.29. The van der Waals surface area contributed by atoms with Crippen LogP contribution in [0.5, 0.6) is 0 Å². The summed E-state index contributed by atoms with van der Waals surface area (Å²) in [6.45, 7) is 0.841. The monoisotopic (exact) mass is 250 g/mol. The van der Waals surface area contributed by atoms with Crippen molar-refractivity contribution in [3.8, 4) is 0 Å². The van der Waals surface area contributed by atoms with E-state index in [-0.39, 0.29) is 29.7 Å². The second-order valence-electron chi connectivity index (χ2n) is 4.57. The van der Waals surface area contributed by atoms with E-state index in [1.807, 2.05) is 0 Å². The predicted octanol–water partition coefficient (Wildman–Crippen LogP) is 0.752. The number of amides is 1. The molecule has 0 aliphatic carbocycles. The second kappa shape index (κ2) is 5.82. The Kier molecular flexibility index (Phi) is 4.15. The second-order valence-corrected chi connectivity index (χ2v) is 4.57. The summed E-state index contributed by atoms with van der Waals surface area (Å²) in [4.78, 5) is 28.2. The standard InChI is InChI=1S/C13H18N2O3/c16-9-3-5-10-4-2-8-15(10)13(18)11-6-1-7-14-12(11)17/h1,6-7,10,16H,2-5,8-9H2,(H,14,17). The Morgan fingerprint density at radius 2 is 2.39 bits per heavy atom. The average Bonchev–Trinajstić information content (AvgIpc) is 2.84. The smallest absolute Gasteiger partial charge is 0.260 e. The first-order chi connectivity index (χ1) is 8.74. The van der Waals surface area contributed by atoms with Gasteiger partial charge in [-0.3, -0.25) is 9.59 Å². The number of aromatic nitrogens is 1. The van der Waals surface area contributed by atoms with Gasteiger partial charge in [-0.15, -0.1) is 0 Å². The molecule has 1 aliphatic heterocycles. The summed E-state index contributed by atoms with van der Waals surface area (Å²) in [7, 11) is 0. The molecule has 1 saturated heterocycles. The van der Waals surface area contributed by atoms with E-state index in [2.05, 4.69) is 4.98 Å². The van der Waals surface area contributed by atoms with Crippen LogP contribution in [0.2, 0.25) is 0 Å². The Hall–Kier alpha value is -1.62. The molecule has 1 amide bonds. The fourth-order valence-corrected chi connectivity index (χ4v) is 2.47. The number of nitrogens with one attached hydrogen (secondary N) is 1. The van der Waals surface area contributed by atoms with Gasteiger partial charge >= 0.3 is 0 Å². The van der Waals surface area contributed by atoms with E-state index in [4.69, 9.17) is 5.11 Å². The molecule has 18 heavy (non-hydrogen) atoms. The lowest BCUT2D eigenvalue weighted by atomic mass is 10.1. The number of carbonyl (C=O) groups is 1. The van der Waals surface area contributed by atoms with Gasteiger partial charge in [0, 0.05) is 25.4 Å². The van der Waals surface area contributed by atoms with Crippen LogP contribution >= 0.6 is 0 Å². The van der Waals surface area contributed by atoms with Crippen LogP contribution in [0.1, 0.15) is 36.0 Å². The van der Waals surface area contributed by atoms with E-state index in [1.165, 1.54) is 6.20 Å². The van der Waals surface area contributed by atoms with Gasteiger partial charge in [0.15, 0.2) is 0 Å². The summed E-state index contributed by atoms with van der Waals surface area (Å²) < 4.78 is 0. The van der Waals surface area contributed by atoms with Gasteiger partial charge in [-0.2, -0.15) is 0 Å². The molecule has 5 nitrogen and oxygen atoms in total. The maximum absolute atomic E-state index is 12.3. The van der Waals surface area contributed by atoms with Gasteiger partial charge in [0.1, 0.15) is 5.56 Å². The third kappa shape index (κ3) is 2.61. The van der Waals surface area contributed by atoms with Crippen LogP contribution in [0.3, 0.4) is 0 Å². The molecule has 1 fully saturated rings. The fraction of sp³-hybridized carbons (Fsp3) is 0.538. The number of rotatable bonds is 4. The van der Waals surface area contributed by atoms with Gasteiger partial charge in [0.25, 0.3) is 11.5 Å². The van der Waals surface area contributed by atoms with Gasteiger partial charge in [-0.05, 0) is 37.8 Å². The molecular weight excluding hydrogens is 232 g/mol. The number of likely N-dealkylation sites (tertiary alicyclic amines) is 1. The van der Waals surface area contributed by atoms with Crippen molar-refractivity contribution >= 4 is 5.91 Å². The first-order valence-electron chi connectivity index (χ1n) is 6.33. The highest BCUT2D eigenvalue weighted by Crippen LogP contribution is 2.22. The molecule has 0 bridgehead atoms. The van der Waals surface area contributed by atoms with E-state index in [0.717, 1.165) is 19.3 Å². The third-order valence-corrected chi connectivity index (χ3v) is 3.38. The maximum Gasteiger partial charge on any atom is 0.260 e. The zero-order valence-corrected chi connectivity index (χ0v) is 10.3. The summed E-state index contributed by atoms with van der Waals surface area (Å²) in [5.41, 5.74) is -0.135. The van der Waals surface area contributed by atoms with Gasteiger partial charge in [-0.25, -0.2) is 0 Å². The molecule has 2 heterocycles. The Morgan fingerprint density at radius 3 is 3.11 bits per heavy atom. The number of nitrogens with zero attached hydrogens (tertiary/aromatic N) is 1. The minimum absolute atomic E-state index is 0.143. The number of hydrogen-bond donors (Lipinski definition) is 2. The molecule has 0 aromatic carbocycles. The third-order valence-electron chi connectivity index (χ3n) is 3.38. The van der Waals surface area contributed by atoms with Crippen LogP contribution in [0.4, 0.5) is 0 Å². The van der Waals surface area contributed by atoms with Gasteiger partial charge in [0.05, 0.1) is 0 Å². The minimum Gasteiger partial charge on any atom is -0.396 e. The molecular formula is C13H18N2O3. The van der Waals surface area contributed by atoms with Crippen molar-refractivity contribution in [3.05, 3.63) is 34.2 Å². The fourth-order valence-electron chi connectivity index (χ4n) is 2.47. The zero-order valence-electron chi connectivity index (χ0n) is 10.3. The lowest BCUT2D eigenvalue weighted by molar-refractivity contribution is 0.0722. The van der Waals surface area contributed by atoms with Crippen molar-refractivity contribution in [1.29, 1.82) is 0 Å². The first-order valence-corrected chi connectivity index (χ1v) is 6.33. The Bertz CT molecular complexity index is 469. The number of carbonyl (C=O) groups excluding carboxylic acids is 1. The molecule has 0 saturated carbocycles. The van der Waals surface area contributed by atoms with Gasteiger partial charge in [0.2, 0.25) is 0 Å². The predicted molar refractivity (Wildman–Crippen MR) is 67.4 cm³/mol. The highest BCUT2D eigenvalue weighted by molar-refractivity contribution is 5.94. The van der Waals surface area contributed by atoms with E-state index in [9.17, 15) is 9.59 Å². The summed E-state index contributed by atoms with van der Waals surface area (Å²) >= 11 is 0. The van der Waals surface area contributed by atoms with E-state index in [0.29, 0.717) is 13.0 Å². The molecule has 1 atom stereocenters. The van der Waals surface area contributed by atoms with Crippen LogP contribution < -0.4 is 5.56 Å². The number of hydrogen-bond acceptors (Lipinski definition) is 3. The summed E-state index contributed by atoms with van der Waals surface area (Å²) in [6.07, 6.45) is 4.93. The maximum atomic E-state index is 12.3. The minimum atomic E-state index is -0.338. The number of pyridine rings is 1. The van der Waals surface area contributed by atoms with E-state index in [1.54, 1.807) is 17.0 Å². The molecule has 2 N–H and O–H groups in total. The molecule has 1 aromatic rings. The Balaban J connectivity index is 2.13. The van der Waals surface area contributed by atoms with E-state index >= 15 is 0 Å². The van der Waals surface area contributed by atoms with Crippen LogP contribution in [-0.2, 0) is 0 Å². The highest BCUT2D eigenvalue weighted by atomic mass is 16.3. The molecule has 5 heteroatoms. The number of aliphatic hydroxyl groups is 1. The number of aromatic amines is 1. The van der Waals surface area contributed by atoms with Crippen molar-refractivity contribution in [2.24, 2.45) is 0 Å². The topological polar surface area (TPSA) is 73.4 Å². The lowest BCUT2D eigenvalue weighted by Gasteiger charge is -2.24. The Morgan fingerprint density at radius 1 is 1.56 bits per heavy atom. The van der Waals surface area contributed by atoms with Crippen molar-refractivity contribution in [1.82, 2.24) is 9.88 Å². The number of aliphatic hydroxyl groups excluding tert-OH is 1. The van der Waals surface area contributed by atoms with Crippen LogP contribution in [0.15, 0.2) is 23.1 Å². The molecule has 1 aliphatic rings. The lowest BCUT2D eigenvalue weighted by Crippen LogP contribution is -2.38. The molecule has 0 radical (unpaired) electrons. The molecule has 98 valence electrons. The summed E-state index contributed by atoms with van der Waals surface area (Å²) in [5.74, 6) is -0.197. The molecule has 2 rings (SSSR count). The van der Waals surface area contributed by atoms with Crippen LogP contribution in [-0.4, -0.2) is 40.1 Å². The van der Waals surface area contributed by atoms with Gasteiger partial charge in [-0.1, -0.05) is 0 Å². The average molecular weight is 250 g/mol. The molecule has 1 unspecified atom stereocenters. The quantitative estimate of drug-likeness (QED) is 0.828. The summed E-state index contributed by atoms with van der Waals surface area (Å²) in [6, 6.07) is 3.37. The van der Waals surface area contributed by atoms with Gasteiger partial charge < -0.3 is 15.0 Å². The van der Waals surface area contributed by atoms with Crippen molar-refractivity contribution in [2.45, 2.75) is 31.7 Å². The first kappa shape index (κ1) is 12.8. The van der Waals surface area contributed by atoms with E-state index < -0.39 is 0 Å². The normalized spacial score (nSPS) is 19.2. The molecule has 0 spiro atoms. The summed E-state index contributed by atoms with van der Waals surface area (Å²) in [5, 5.41) is 8.85. The number of H-pyrrole nitrogens is 1.